The minimum atomic E-state index is -0.971. The Bertz CT molecular complexity index is 394. The van der Waals surface area contributed by atoms with Crippen molar-refractivity contribution in [2.24, 2.45) is 0 Å². The van der Waals surface area contributed by atoms with Gasteiger partial charge in [0.2, 0.25) is 0 Å². The van der Waals surface area contributed by atoms with Crippen LogP contribution in [0.2, 0.25) is 0 Å². The Kier molecular flexibility index (Phi) is 4.33. The fraction of sp³-hybridized carbons (Fsp3) is 0.545. The summed E-state index contributed by atoms with van der Waals surface area (Å²) in [6.07, 6.45) is 5.01. The van der Waals surface area contributed by atoms with Gasteiger partial charge in [0.25, 0.3) is 0 Å². The summed E-state index contributed by atoms with van der Waals surface area (Å²) < 4.78 is 0. The summed E-state index contributed by atoms with van der Waals surface area (Å²) in [5.41, 5.74) is 0.746. The summed E-state index contributed by atoms with van der Waals surface area (Å²) in [7, 11) is 0. The van der Waals surface area contributed by atoms with Crippen molar-refractivity contribution in [2.75, 3.05) is 11.5 Å². The first-order chi connectivity index (χ1) is 8.27. The smallest absolute Gasteiger partial charge is 0.339 e. The van der Waals surface area contributed by atoms with Gasteiger partial charge in [-0.25, -0.2) is 14.8 Å². The molecular weight excluding hydrogens is 238 g/mol. The van der Waals surface area contributed by atoms with Crippen molar-refractivity contribution in [3.63, 3.8) is 0 Å². The maximum atomic E-state index is 11.0. The standard InChI is InChI=1S/C11H15N3O2S/c15-11(16)9-5-12-7-14-10(9)6-13-8-1-3-17-4-2-8/h5,7-8,13H,1-4,6H2,(H,15,16). The van der Waals surface area contributed by atoms with E-state index < -0.39 is 5.97 Å². The van der Waals surface area contributed by atoms with Crippen LogP contribution < -0.4 is 5.32 Å². The second-order valence-electron chi connectivity index (χ2n) is 3.96. The molecule has 0 unspecified atom stereocenters. The molecule has 0 radical (unpaired) electrons. The van der Waals surface area contributed by atoms with Gasteiger partial charge in [-0.15, -0.1) is 0 Å². The van der Waals surface area contributed by atoms with Gasteiger partial charge in [0, 0.05) is 18.8 Å². The van der Waals surface area contributed by atoms with Crippen LogP contribution >= 0.6 is 11.8 Å². The number of aromatic nitrogens is 2. The second kappa shape index (κ2) is 5.97. The number of nitrogens with one attached hydrogen (secondary N) is 1. The molecule has 0 spiro atoms. The van der Waals surface area contributed by atoms with E-state index >= 15 is 0 Å². The SMILES string of the molecule is O=C(O)c1cncnc1CNC1CCSCC1. The first-order valence-corrected chi connectivity index (χ1v) is 6.76. The minimum Gasteiger partial charge on any atom is -0.478 e. The third-order valence-electron chi connectivity index (χ3n) is 2.80. The number of hydrogen-bond acceptors (Lipinski definition) is 5. The largest absolute Gasteiger partial charge is 0.478 e. The molecule has 17 heavy (non-hydrogen) atoms. The highest BCUT2D eigenvalue weighted by Gasteiger charge is 2.15. The molecule has 1 saturated heterocycles. The quantitative estimate of drug-likeness (QED) is 0.838. The molecule has 1 aliphatic rings. The van der Waals surface area contributed by atoms with Crippen LogP contribution in [0.25, 0.3) is 0 Å². The molecular formula is C11H15N3O2S. The van der Waals surface area contributed by atoms with Gasteiger partial charge in [-0.1, -0.05) is 0 Å². The molecule has 1 aromatic rings. The van der Waals surface area contributed by atoms with Crippen LogP contribution in [-0.2, 0) is 6.54 Å². The zero-order valence-electron chi connectivity index (χ0n) is 9.43. The molecule has 2 N–H and O–H groups in total. The summed E-state index contributed by atoms with van der Waals surface area (Å²) >= 11 is 1.97. The first-order valence-electron chi connectivity index (χ1n) is 5.60. The van der Waals surface area contributed by atoms with Gasteiger partial charge in [0.15, 0.2) is 0 Å². The van der Waals surface area contributed by atoms with Gasteiger partial charge < -0.3 is 10.4 Å². The zero-order chi connectivity index (χ0) is 12.1. The van der Waals surface area contributed by atoms with E-state index in [9.17, 15) is 4.79 Å². The van der Waals surface area contributed by atoms with E-state index in [2.05, 4.69) is 15.3 Å². The summed E-state index contributed by atoms with van der Waals surface area (Å²) in [5.74, 6) is 1.38. The highest BCUT2D eigenvalue weighted by atomic mass is 32.2. The predicted octanol–water partition coefficient (Wildman–Crippen LogP) is 1.16. The monoisotopic (exact) mass is 253 g/mol. The lowest BCUT2D eigenvalue weighted by Gasteiger charge is -2.22. The Hall–Kier alpha value is -1.14. The highest BCUT2D eigenvalue weighted by Crippen LogP contribution is 2.17. The van der Waals surface area contributed by atoms with Gasteiger partial charge in [-0.05, 0) is 24.3 Å². The summed E-state index contributed by atoms with van der Waals surface area (Å²) in [6.45, 7) is 0.499. The minimum absolute atomic E-state index is 0.185. The molecule has 1 aliphatic heterocycles. The topological polar surface area (TPSA) is 75.1 Å². The van der Waals surface area contributed by atoms with E-state index in [1.807, 2.05) is 11.8 Å². The van der Waals surface area contributed by atoms with Gasteiger partial charge >= 0.3 is 5.97 Å². The van der Waals surface area contributed by atoms with Crippen molar-refractivity contribution in [1.29, 1.82) is 0 Å². The molecule has 0 aromatic carbocycles. The molecule has 5 nitrogen and oxygen atoms in total. The number of hydrogen-bond donors (Lipinski definition) is 2. The van der Waals surface area contributed by atoms with Crippen LogP contribution in [0.15, 0.2) is 12.5 Å². The maximum absolute atomic E-state index is 11.0. The lowest BCUT2D eigenvalue weighted by Crippen LogP contribution is -2.32. The van der Waals surface area contributed by atoms with Crippen LogP contribution in [0.1, 0.15) is 28.9 Å². The number of nitrogens with zero attached hydrogens (tertiary/aromatic N) is 2. The van der Waals surface area contributed by atoms with E-state index in [0.29, 0.717) is 18.3 Å². The zero-order valence-corrected chi connectivity index (χ0v) is 10.2. The lowest BCUT2D eigenvalue weighted by molar-refractivity contribution is 0.0694. The molecule has 1 fully saturated rings. The van der Waals surface area contributed by atoms with E-state index in [1.165, 1.54) is 24.0 Å². The molecule has 0 saturated carbocycles. The molecule has 92 valence electrons. The number of carboxylic acids is 1. The van der Waals surface area contributed by atoms with E-state index in [-0.39, 0.29) is 5.56 Å². The van der Waals surface area contributed by atoms with E-state index in [4.69, 9.17) is 5.11 Å². The normalized spacial score (nSPS) is 16.9. The van der Waals surface area contributed by atoms with Gasteiger partial charge in [-0.2, -0.15) is 11.8 Å². The molecule has 2 heterocycles. The Morgan fingerprint density at radius 3 is 3.00 bits per heavy atom. The Balaban J connectivity index is 1.96. The average Bonchev–Trinajstić information content (AvgIpc) is 2.38. The molecule has 0 atom stereocenters. The van der Waals surface area contributed by atoms with Crippen LogP contribution in [-0.4, -0.2) is 38.6 Å². The van der Waals surface area contributed by atoms with Crippen LogP contribution in [0.3, 0.4) is 0 Å². The fourth-order valence-electron chi connectivity index (χ4n) is 1.82. The van der Waals surface area contributed by atoms with Crippen molar-refractivity contribution < 1.29 is 9.90 Å². The molecule has 1 aromatic heterocycles. The molecule has 6 heteroatoms. The highest BCUT2D eigenvalue weighted by molar-refractivity contribution is 7.99. The van der Waals surface area contributed by atoms with Crippen molar-refractivity contribution in [3.05, 3.63) is 23.8 Å². The molecule has 2 rings (SSSR count). The van der Waals surface area contributed by atoms with Gasteiger partial charge in [-0.3, -0.25) is 0 Å². The molecule has 0 amide bonds. The average molecular weight is 253 g/mol. The second-order valence-corrected chi connectivity index (χ2v) is 5.18. The van der Waals surface area contributed by atoms with Crippen LogP contribution in [0, 0.1) is 0 Å². The number of carbonyl (C=O) groups is 1. The third kappa shape index (κ3) is 3.41. The Morgan fingerprint density at radius 2 is 2.29 bits per heavy atom. The molecule has 0 aliphatic carbocycles. The number of aromatic carboxylic acids is 1. The molecule has 0 bridgehead atoms. The van der Waals surface area contributed by atoms with E-state index in [0.717, 1.165) is 12.8 Å². The van der Waals surface area contributed by atoms with Crippen LogP contribution in [0.5, 0.6) is 0 Å². The maximum Gasteiger partial charge on any atom is 0.339 e. The third-order valence-corrected chi connectivity index (χ3v) is 3.85. The number of thioether (sulfide) groups is 1. The summed E-state index contributed by atoms with van der Waals surface area (Å²) in [5, 5.41) is 12.4. The van der Waals surface area contributed by atoms with Crippen LogP contribution in [0.4, 0.5) is 0 Å². The van der Waals surface area contributed by atoms with Crippen molar-refractivity contribution in [2.45, 2.75) is 25.4 Å². The number of rotatable bonds is 4. The van der Waals surface area contributed by atoms with Gasteiger partial charge in [0.05, 0.1) is 5.69 Å². The Morgan fingerprint density at radius 1 is 1.53 bits per heavy atom. The lowest BCUT2D eigenvalue weighted by atomic mass is 10.1. The van der Waals surface area contributed by atoms with Crippen molar-refractivity contribution in [3.8, 4) is 0 Å². The predicted molar refractivity (Wildman–Crippen MR) is 66.2 cm³/mol. The van der Waals surface area contributed by atoms with Crippen molar-refractivity contribution in [1.82, 2.24) is 15.3 Å². The summed E-state index contributed by atoms with van der Waals surface area (Å²) in [4.78, 5) is 18.7. The van der Waals surface area contributed by atoms with Gasteiger partial charge in [0.1, 0.15) is 11.9 Å². The summed E-state index contributed by atoms with van der Waals surface area (Å²) in [6, 6.07) is 0.480. The first kappa shape index (κ1) is 12.3. The Labute approximate surface area is 104 Å². The fourth-order valence-corrected chi connectivity index (χ4v) is 2.92. The number of carboxylic acid groups (broad SMARTS) is 1. The van der Waals surface area contributed by atoms with E-state index in [1.54, 1.807) is 0 Å². The van der Waals surface area contributed by atoms with Crippen molar-refractivity contribution >= 4 is 17.7 Å².